The van der Waals surface area contributed by atoms with E-state index < -0.39 is 0 Å². The van der Waals surface area contributed by atoms with Gasteiger partial charge < -0.3 is 11.2 Å². The Morgan fingerprint density at radius 2 is 1.61 bits per heavy atom. The van der Waals surface area contributed by atoms with Gasteiger partial charge >= 0.3 is 0 Å². The quantitative estimate of drug-likeness (QED) is 0.772. The summed E-state index contributed by atoms with van der Waals surface area (Å²) in [6, 6.07) is 3.22. The summed E-state index contributed by atoms with van der Waals surface area (Å²) in [7, 11) is 0. The largest absolute Gasteiger partial charge is 0.399 e. The molecule has 1 aliphatic heterocycles. The van der Waals surface area contributed by atoms with Gasteiger partial charge in [-0.05, 0) is 12.1 Å². The Labute approximate surface area is 103 Å². The van der Waals surface area contributed by atoms with Gasteiger partial charge in [0.1, 0.15) is 0 Å². The van der Waals surface area contributed by atoms with Gasteiger partial charge in [-0.15, -0.1) is 0 Å². The van der Waals surface area contributed by atoms with E-state index in [2.05, 4.69) is 25.4 Å². The van der Waals surface area contributed by atoms with Crippen molar-refractivity contribution in [1.82, 2.24) is 25.4 Å². The molecular weight excluding hydrogens is 230 g/mol. The maximum Gasteiger partial charge on any atom is 0.245 e. The molecule has 0 fully saturated rings. The summed E-state index contributed by atoms with van der Waals surface area (Å²) < 4.78 is 0. The fourth-order valence-corrected chi connectivity index (χ4v) is 1.75. The Morgan fingerprint density at radius 3 is 2.28 bits per heavy atom. The summed E-state index contributed by atoms with van der Waals surface area (Å²) in [6.07, 6.45) is 8.39. The monoisotopic (exact) mass is 241 g/mol. The van der Waals surface area contributed by atoms with Crippen LogP contribution in [-0.2, 0) is 0 Å². The molecule has 18 heavy (non-hydrogen) atoms. The van der Waals surface area contributed by atoms with E-state index >= 15 is 0 Å². The SMILES string of the molecule is NC1=CNN(c2ncccn2)C1c1ncccn1. The van der Waals surface area contributed by atoms with Crippen LogP contribution in [0, 0.1) is 0 Å². The number of nitrogens with zero attached hydrogens (tertiary/aromatic N) is 5. The van der Waals surface area contributed by atoms with E-state index in [1.165, 1.54) is 0 Å². The molecule has 7 nitrogen and oxygen atoms in total. The highest BCUT2D eigenvalue weighted by molar-refractivity contribution is 5.40. The number of rotatable bonds is 2. The second-order valence-corrected chi connectivity index (χ2v) is 3.70. The van der Waals surface area contributed by atoms with Crippen molar-refractivity contribution in [1.29, 1.82) is 0 Å². The van der Waals surface area contributed by atoms with E-state index in [1.54, 1.807) is 48.1 Å². The lowest BCUT2D eigenvalue weighted by atomic mass is 10.2. The standard InChI is InChI=1S/C11H11N7/c12-8-7-17-18(11-15-5-2-6-16-11)9(8)10-13-3-1-4-14-10/h1-7,9,17H,12H2. The van der Waals surface area contributed by atoms with Gasteiger partial charge in [-0.25, -0.2) is 24.9 Å². The molecule has 1 atom stereocenters. The number of hydrogen-bond acceptors (Lipinski definition) is 7. The van der Waals surface area contributed by atoms with Crippen molar-refractivity contribution in [2.75, 3.05) is 5.01 Å². The maximum absolute atomic E-state index is 5.96. The Kier molecular flexibility index (Phi) is 2.49. The molecule has 1 aliphatic rings. The maximum atomic E-state index is 5.96. The summed E-state index contributed by atoms with van der Waals surface area (Å²) in [6.45, 7) is 0. The molecule has 7 heteroatoms. The van der Waals surface area contributed by atoms with Crippen LogP contribution in [0.25, 0.3) is 0 Å². The van der Waals surface area contributed by atoms with Crippen molar-refractivity contribution < 1.29 is 0 Å². The first-order chi connectivity index (χ1) is 8.86. The van der Waals surface area contributed by atoms with Gasteiger partial charge in [0.05, 0.1) is 5.70 Å². The molecule has 0 radical (unpaired) electrons. The first kappa shape index (κ1) is 10.5. The molecule has 0 aromatic carbocycles. The second-order valence-electron chi connectivity index (χ2n) is 3.70. The van der Waals surface area contributed by atoms with E-state index in [4.69, 9.17) is 5.73 Å². The summed E-state index contributed by atoms with van der Waals surface area (Å²) in [5.41, 5.74) is 9.59. The normalized spacial score (nSPS) is 18.3. The molecule has 1 unspecified atom stereocenters. The van der Waals surface area contributed by atoms with Crippen LogP contribution in [0.2, 0.25) is 0 Å². The third-order valence-corrected chi connectivity index (χ3v) is 2.54. The minimum atomic E-state index is -0.298. The molecule has 0 aliphatic carbocycles. The molecule has 0 bridgehead atoms. The molecule has 2 aromatic rings. The smallest absolute Gasteiger partial charge is 0.245 e. The molecule has 90 valence electrons. The highest BCUT2D eigenvalue weighted by Crippen LogP contribution is 2.27. The molecule has 0 saturated carbocycles. The summed E-state index contributed by atoms with van der Waals surface area (Å²) in [5, 5.41) is 1.73. The lowest BCUT2D eigenvalue weighted by molar-refractivity contribution is 0.640. The third kappa shape index (κ3) is 1.71. The van der Waals surface area contributed by atoms with Crippen molar-refractivity contribution in [3.8, 4) is 0 Å². The van der Waals surface area contributed by atoms with Crippen LogP contribution in [0.5, 0.6) is 0 Å². The molecular formula is C11H11N7. The zero-order chi connectivity index (χ0) is 12.4. The summed E-state index contributed by atoms with van der Waals surface area (Å²) >= 11 is 0. The fraction of sp³-hybridized carbons (Fsp3) is 0.0909. The number of aromatic nitrogens is 4. The van der Waals surface area contributed by atoms with Crippen LogP contribution in [-0.4, -0.2) is 19.9 Å². The number of hydrazine groups is 1. The lowest BCUT2D eigenvalue weighted by Crippen LogP contribution is -2.36. The molecule has 0 spiro atoms. The first-order valence-corrected chi connectivity index (χ1v) is 5.41. The molecule has 2 aromatic heterocycles. The minimum Gasteiger partial charge on any atom is -0.399 e. The number of nitrogens with one attached hydrogen (secondary N) is 1. The minimum absolute atomic E-state index is 0.298. The number of nitrogens with two attached hydrogens (primary N) is 1. The molecule has 0 amide bonds. The van der Waals surface area contributed by atoms with Crippen LogP contribution in [0.15, 0.2) is 48.8 Å². The van der Waals surface area contributed by atoms with Gasteiger partial charge in [0.15, 0.2) is 11.9 Å². The van der Waals surface area contributed by atoms with Crippen LogP contribution >= 0.6 is 0 Å². The van der Waals surface area contributed by atoms with Crippen molar-refractivity contribution in [3.63, 3.8) is 0 Å². The average molecular weight is 241 g/mol. The van der Waals surface area contributed by atoms with Crippen molar-refractivity contribution in [2.45, 2.75) is 6.04 Å². The summed E-state index contributed by atoms with van der Waals surface area (Å²) in [5.74, 6) is 1.12. The Morgan fingerprint density at radius 1 is 1.00 bits per heavy atom. The van der Waals surface area contributed by atoms with Gasteiger partial charge in [0.2, 0.25) is 5.95 Å². The third-order valence-electron chi connectivity index (χ3n) is 2.54. The molecule has 0 saturated heterocycles. The first-order valence-electron chi connectivity index (χ1n) is 5.41. The van der Waals surface area contributed by atoms with Crippen molar-refractivity contribution in [3.05, 3.63) is 54.6 Å². The van der Waals surface area contributed by atoms with Gasteiger partial charge in [-0.3, -0.25) is 0 Å². The zero-order valence-corrected chi connectivity index (χ0v) is 9.43. The van der Waals surface area contributed by atoms with Gasteiger partial charge in [0, 0.05) is 31.0 Å². The highest BCUT2D eigenvalue weighted by Gasteiger charge is 2.31. The van der Waals surface area contributed by atoms with E-state index in [9.17, 15) is 0 Å². The summed E-state index contributed by atoms with van der Waals surface area (Å²) in [4.78, 5) is 16.8. The van der Waals surface area contributed by atoms with Gasteiger partial charge in [-0.1, -0.05) is 0 Å². The zero-order valence-electron chi connectivity index (χ0n) is 9.43. The fourth-order valence-electron chi connectivity index (χ4n) is 1.75. The lowest BCUT2D eigenvalue weighted by Gasteiger charge is -2.23. The Hall–Kier alpha value is -2.70. The highest BCUT2D eigenvalue weighted by atomic mass is 15.6. The van der Waals surface area contributed by atoms with E-state index in [-0.39, 0.29) is 6.04 Å². The van der Waals surface area contributed by atoms with E-state index in [0.717, 1.165) is 0 Å². The number of hydrogen-bond donors (Lipinski definition) is 2. The Balaban J connectivity index is 1.98. The van der Waals surface area contributed by atoms with E-state index in [0.29, 0.717) is 17.5 Å². The number of anilines is 1. The van der Waals surface area contributed by atoms with Crippen molar-refractivity contribution in [2.24, 2.45) is 5.73 Å². The van der Waals surface area contributed by atoms with Crippen LogP contribution < -0.4 is 16.2 Å². The Bertz CT molecular complexity index is 554. The molecule has 3 N–H and O–H groups in total. The van der Waals surface area contributed by atoms with Crippen LogP contribution in [0.1, 0.15) is 11.9 Å². The molecule has 3 heterocycles. The van der Waals surface area contributed by atoms with Gasteiger partial charge in [0.25, 0.3) is 0 Å². The second kappa shape index (κ2) is 4.28. The predicted molar refractivity (Wildman–Crippen MR) is 64.7 cm³/mol. The van der Waals surface area contributed by atoms with Gasteiger partial charge in [-0.2, -0.15) is 0 Å². The van der Waals surface area contributed by atoms with Crippen LogP contribution in [0.4, 0.5) is 5.95 Å². The van der Waals surface area contributed by atoms with Crippen molar-refractivity contribution >= 4 is 5.95 Å². The molecule has 3 rings (SSSR count). The predicted octanol–water partition coefficient (Wildman–Crippen LogP) is 0.133. The van der Waals surface area contributed by atoms with E-state index in [1.807, 2.05) is 0 Å². The topological polar surface area (TPSA) is 92.8 Å². The average Bonchev–Trinajstić information content (AvgIpc) is 2.83. The van der Waals surface area contributed by atoms with Crippen LogP contribution in [0.3, 0.4) is 0 Å².